The molecule has 0 spiro atoms. The van der Waals surface area contributed by atoms with Gasteiger partial charge in [0.25, 0.3) is 0 Å². The fourth-order valence-electron chi connectivity index (χ4n) is 3.77. The smallest absolute Gasteiger partial charge is 0.341 e. The van der Waals surface area contributed by atoms with E-state index in [0.29, 0.717) is 0 Å². The molecule has 0 aliphatic carbocycles. The van der Waals surface area contributed by atoms with Crippen molar-refractivity contribution in [3.8, 4) is 6.07 Å². The van der Waals surface area contributed by atoms with E-state index in [0.717, 1.165) is 0 Å². The Morgan fingerprint density at radius 3 is 1.86 bits per heavy atom. The van der Waals surface area contributed by atoms with Gasteiger partial charge in [-0.3, -0.25) is 14.5 Å². The van der Waals surface area contributed by atoms with Crippen LogP contribution in [0.4, 0.5) is 0 Å². The predicted octanol–water partition coefficient (Wildman–Crippen LogP) is 0.855. The molecule has 0 N–H and O–H groups in total. The first-order chi connectivity index (χ1) is 13.2. The van der Waals surface area contributed by atoms with Gasteiger partial charge in [0.1, 0.15) is 5.78 Å². The Bertz CT molecular complexity index is 652. The predicted molar refractivity (Wildman–Crippen MR) is 96.7 cm³/mol. The van der Waals surface area contributed by atoms with Gasteiger partial charge in [0.2, 0.25) is 5.54 Å². The minimum absolute atomic E-state index is 0.00525. The summed E-state index contributed by atoms with van der Waals surface area (Å²) in [5.41, 5.74) is -3.98. The lowest BCUT2D eigenvalue weighted by Gasteiger charge is -2.51. The van der Waals surface area contributed by atoms with Crippen molar-refractivity contribution in [2.24, 2.45) is 11.3 Å². The number of likely N-dealkylation sites (N-methyl/N-ethyl adjacent to an activating group) is 1. The fraction of sp³-hybridized carbons (Fsp3) is 0.737. The lowest BCUT2D eigenvalue weighted by molar-refractivity contribution is -0.192. The van der Waals surface area contributed by atoms with Crippen LogP contribution >= 0.6 is 0 Å². The number of piperidine rings is 1. The normalized spacial score (nSPS) is 23.9. The third kappa shape index (κ3) is 3.87. The number of nitriles is 1. The van der Waals surface area contributed by atoms with E-state index in [2.05, 4.69) is 0 Å². The number of hydrogen-bond acceptors (Lipinski definition) is 9. The van der Waals surface area contributed by atoms with Crippen molar-refractivity contribution in [1.82, 2.24) is 4.90 Å². The first kappa shape index (κ1) is 23.6. The molecule has 0 unspecified atom stereocenters. The average Bonchev–Trinajstić information content (AvgIpc) is 2.63. The summed E-state index contributed by atoms with van der Waals surface area (Å²) in [5.74, 6) is -4.43. The Morgan fingerprint density at radius 1 is 1.00 bits per heavy atom. The number of carbonyl (C=O) groups is 4. The van der Waals surface area contributed by atoms with Crippen molar-refractivity contribution in [1.29, 1.82) is 5.26 Å². The van der Waals surface area contributed by atoms with E-state index in [-0.39, 0.29) is 45.0 Å². The minimum atomic E-state index is -2.01. The van der Waals surface area contributed by atoms with Crippen LogP contribution in [0.5, 0.6) is 0 Å². The van der Waals surface area contributed by atoms with E-state index >= 15 is 0 Å². The first-order valence-electron chi connectivity index (χ1n) is 9.32. The van der Waals surface area contributed by atoms with Gasteiger partial charge in [0, 0.05) is 18.9 Å². The molecule has 2 atom stereocenters. The van der Waals surface area contributed by atoms with E-state index < -0.39 is 34.8 Å². The van der Waals surface area contributed by atoms with Gasteiger partial charge < -0.3 is 19.0 Å². The molecule has 0 bridgehead atoms. The van der Waals surface area contributed by atoms with Crippen LogP contribution in [0, 0.1) is 22.7 Å². The van der Waals surface area contributed by atoms with Gasteiger partial charge in [-0.25, -0.2) is 4.79 Å². The van der Waals surface area contributed by atoms with Crippen molar-refractivity contribution in [3.05, 3.63) is 0 Å². The third-order valence-corrected chi connectivity index (χ3v) is 5.07. The van der Waals surface area contributed by atoms with Crippen molar-refractivity contribution < 1.29 is 33.4 Å². The zero-order chi connectivity index (χ0) is 21.5. The summed E-state index contributed by atoms with van der Waals surface area (Å²) in [6.07, 6.45) is -0.420. The summed E-state index contributed by atoms with van der Waals surface area (Å²) in [6, 6.07) is 1.94. The van der Waals surface area contributed by atoms with Crippen molar-refractivity contribution >= 4 is 23.7 Å². The minimum Gasteiger partial charge on any atom is -0.465 e. The lowest BCUT2D eigenvalue weighted by atomic mass is 9.59. The summed E-state index contributed by atoms with van der Waals surface area (Å²) in [4.78, 5) is 52.4. The number of hydrogen-bond donors (Lipinski definition) is 0. The van der Waals surface area contributed by atoms with Gasteiger partial charge in [-0.15, -0.1) is 0 Å². The van der Waals surface area contributed by atoms with Gasteiger partial charge in [0.15, 0.2) is 5.41 Å². The van der Waals surface area contributed by atoms with E-state index in [1.54, 1.807) is 20.8 Å². The maximum Gasteiger partial charge on any atom is 0.341 e. The van der Waals surface area contributed by atoms with E-state index in [9.17, 15) is 24.4 Å². The van der Waals surface area contributed by atoms with Gasteiger partial charge in [-0.2, -0.15) is 5.26 Å². The maximum absolute atomic E-state index is 13.0. The number of ether oxygens (including phenoxy) is 3. The molecule has 9 heteroatoms. The topological polar surface area (TPSA) is 123 Å². The first-order valence-corrected chi connectivity index (χ1v) is 9.32. The summed E-state index contributed by atoms with van der Waals surface area (Å²) < 4.78 is 15.4. The number of Topliss-reactive ketones (excluding diaryl/α,β-unsaturated/α-hetero) is 1. The van der Waals surface area contributed by atoms with E-state index in [4.69, 9.17) is 14.2 Å². The molecule has 9 nitrogen and oxygen atoms in total. The summed E-state index contributed by atoms with van der Waals surface area (Å²) in [7, 11) is 1.52. The van der Waals surface area contributed by atoms with Crippen LogP contribution in [0.2, 0.25) is 0 Å². The number of nitrogens with zero attached hydrogens (tertiary/aromatic N) is 2. The van der Waals surface area contributed by atoms with Crippen molar-refractivity contribution in [2.45, 2.75) is 46.1 Å². The molecule has 1 aliphatic rings. The number of rotatable bonds is 8. The molecule has 0 aromatic carbocycles. The van der Waals surface area contributed by atoms with Crippen LogP contribution in [0.25, 0.3) is 0 Å². The Balaban J connectivity index is 3.79. The van der Waals surface area contributed by atoms with Crippen LogP contribution in [-0.4, -0.2) is 67.5 Å². The third-order valence-electron chi connectivity index (χ3n) is 5.07. The Hall–Kier alpha value is -2.47. The average molecular weight is 396 g/mol. The van der Waals surface area contributed by atoms with Crippen molar-refractivity contribution in [2.75, 3.05) is 33.4 Å². The van der Waals surface area contributed by atoms with Gasteiger partial charge in [0.05, 0.1) is 25.9 Å². The molecule has 28 heavy (non-hydrogen) atoms. The lowest BCUT2D eigenvalue weighted by Crippen LogP contribution is -2.70. The van der Waals surface area contributed by atoms with Gasteiger partial charge in [-0.05, 0) is 41.2 Å². The van der Waals surface area contributed by atoms with Crippen LogP contribution in [0.1, 0.15) is 40.5 Å². The highest BCUT2D eigenvalue weighted by atomic mass is 16.6. The number of likely N-dealkylation sites (tertiary alicyclic amines) is 1. The van der Waals surface area contributed by atoms with Crippen LogP contribution < -0.4 is 0 Å². The zero-order valence-electron chi connectivity index (χ0n) is 17.1. The van der Waals surface area contributed by atoms with Crippen LogP contribution in [0.3, 0.4) is 0 Å². The number of ketones is 1. The molecule has 0 aromatic heterocycles. The zero-order valence-corrected chi connectivity index (χ0v) is 17.1. The van der Waals surface area contributed by atoms with Crippen LogP contribution in [0.15, 0.2) is 0 Å². The fourth-order valence-corrected chi connectivity index (χ4v) is 3.77. The number of esters is 3. The molecule has 1 fully saturated rings. The second-order valence-electron chi connectivity index (χ2n) is 6.64. The molecule has 0 amide bonds. The molecule has 1 aliphatic heterocycles. The Morgan fingerprint density at radius 2 is 1.46 bits per heavy atom. The molecular weight excluding hydrogens is 368 g/mol. The van der Waals surface area contributed by atoms with Gasteiger partial charge in [-0.1, -0.05) is 0 Å². The summed E-state index contributed by atoms with van der Waals surface area (Å²) >= 11 is 0. The molecule has 1 heterocycles. The molecule has 0 saturated carbocycles. The quantitative estimate of drug-likeness (QED) is 0.334. The highest BCUT2D eigenvalue weighted by Gasteiger charge is 2.69. The largest absolute Gasteiger partial charge is 0.465 e. The SMILES string of the molecule is CCOC(=O)C1(C(=O)OCC)CCN(C)[C@@](C#N)(C(=O)OCC)[C@@H]1CC(C)=O. The second-order valence-corrected chi connectivity index (χ2v) is 6.64. The second kappa shape index (κ2) is 9.64. The van der Waals surface area contributed by atoms with E-state index in [1.165, 1.54) is 18.9 Å². The van der Waals surface area contributed by atoms with Crippen molar-refractivity contribution in [3.63, 3.8) is 0 Å². The maximum atomic E-state index is 13.0. The molecular formula is C19H28N2O7. The summed E-state index contributed by atoms with van der Waals surface area (Å²) in [5, 5.41) is 10.0. The van der Waals surface area contributed by atoms with Gasteiger partial charge >= 0.3 is 17.9 Å². The number of carbonyl (C=O) groups excluding carboxylic acids is 4. The molecule has 156 valence electrons. The molecule has 1 rings (SSSR count). The van der Waals surface area contributed by atoms with E-state index in [1.807, 2.05) is 6.07 Å². The van der Waals surface area contributed by atoms with Crippen LogP contribution in [-0.2, 0) is 33.4 Å². The monoisotopic (exact) mass is 396 g/mol. The summed E-state index contributed by atoms with van der Waals surface area (Å²) in [6.45, 7) is 6.03. The molecule has 1 saturated heterocycles. The molecule has 0 radical (unpaired) electrons. The highest BCUT2D eigenvalue weighted by Crippen LogP contribution is 2.49. The molecule has 0 aromatic rings. The Kier molecular flexibility index (Phi) is 8.12. The highest BCUT2D eigenvalue weighted by molar-refractivity contribution is 6.03. The standard InChI is InChI=1S/C19H28N2O7/c1-6-26-15(23)18(16(24)27-7-2)9-10-21(5)19(12-20,17(25)28-8-3)14(18)11-13(4)22/h14H,6-11H2,1-5H3/t14-,19-/m1/s1. The Labute approximate surface area is 164 Å².